The normalized spacial score (nSPS) is 11.9. The van der Waals surface area contributed by atoms with E-state index in [1.807, 2.05) is 0 Å². The van der Waals surface area contributed by atoms with Crippen LogP contribution in [0.4, 0.5) is 10.5 Å². The molecule has 3 N–H and O–H groups in total. The van der Waals surface area contributed by atoms with Crippen molar-refractivity contribution in [1.82, 2.24) is 10.3 Å². The molecule has 2 rings (SSSR count). The second-order valence-corrected chi connectivity index (χ2v) is 4.80. The van der Waals surface area contributed by atoms with Gasteiger partial charge in [-0.25, -0.2) is 9.59 Å². The second-order valence-electron chi connectivity index (χ2n) is 4.39. The lowest BCUT2D eigenvalue weighted by atomic mass is 10.2. The highest BCUT2D eigenvalue weighted by Gasteiger charge is 2.18. The fourth-order valence-corrected chi connectivity index (χ4v) is 2.11. The van der Waals surface area contributed by atoms with Crippen LogP contribution in [-0.4, -0.2) is 28.1 Å². The largest absolute Gasteiger partial charge is 0.480 e. The molecule has 7 heteroatoms. The minimum absolute atomic E-state index is 0.294. The van der Waals surface area contributed by atoms with Crippen LogP contribution in [0.5, 0.6) is 0 Å². The predicted octanol–water partition coefficient (Wildman–Crippen LogP) is 2.87. The van der Waals surface area contributed by atoms with Crippen molar-refractivity contribution in [2.75, 3.05) is 5.32 Å². The van der Waals surface area contributed by atoms with Gasteiger partial charge in [-0.2, -0.15) is 0 Å². The number of aliphatic carboxylic acids is 1. The number of urea groups is 1. The number of amides is 2. The number of halogens is 1. The fourth-order valence-electron chi connectivity index (χ4n) is 1.89. The molecule has 0 spiro atoms. The molecule has 0 aliphatic heterocycles. The fraction of sp³-hybridized carbons (Fsp3) is 0.214. The van der Waals surface area contributed by atoms with Crippen molar-refractivity contribution in [3.05, 3.63) is 35.5 Å². The standard InChI is InChI=1S/C14H14ClN3O3/c1-2-10(13(19)20)17-14(21)18-11-6-5-9(15)8-4-3-7-16-12(8)11/h3-7,10H,2H2,1H3,(H,19,20)(H2,17,18,21). The maximum atomic E-state index is 11.9. The summed E-state index contributed by atoms with van der Waals surface area (Å²) in [5.74, 6) is -1.08. The molecule has 2 aromatic rings. The van der Waals surface area contributed by atoms with Crippen LogP contribution in [0.1, 0.15) is 13.3 Å². The van der Waals surface area contributed by atoms with Crippen molar-refractivity contribution in [2.24, 2.45) is 0 Å². The van der Waals surface area contributed by atoms with E-state index >= 15 is 0 Å². The Balaban J connectivity index is 2.22. The smallest absolute Gasteiger partial charge is 0.326 e. The third-order valence-corrected chi connectivity index (χ3v) is 3.31. The Hall–Kier alpha value is -2.34. The van der Waals surface area contributed by atoms with E-state index in [1.165, 1.54) is 0 Å². The number of fused-ring (bicyclic) bond motifs is 1. The molecular formula is C14H14ClN3O3. The number of hydrogen-bond acceptors (Lipinski definition) is 3. The number of pyridine rings is 1. The Morgan fingerprint density at radius 2 is 2.14 bits per heavy atom. The summed E-state index contributed by atoms with van der Waals surface area (Å²) >= 11 is 6.07. The SMILES string of the molecule is CCC(NC(=O)Nc1ccc(Cl)c2cccnc12)C(=O)O. The summed E-state index contributed by atoms with van der Waals surface area (Å²) in [6.45, 7) is 1.68. The molecule has 1 atom stereocenters. The molecule has 1 heterocycles. The molecule has 1 aromatic carbocycles. The molecule has 0 bridgehead atoms. The van der Waals surface area contributed by atoms with E-state index in [2.05, 4.69) is 15.6 Å². The Kier molecular flexibility index (Phi) is 4.59. The van der Waals surface area contributed by atoms with Crippen LogP contribution >= 0.6 is 11.6 Å². The molecule has 0 saturated heterocycles. The molecule has 1 unspecified atom stereocenters. The number of carboxylic acid groups (broad SMARTS) is 1. The number of aromatic nitrogens is 1. The molecule has 0 aliphatic carbocycles. The summed E-state index contributed by atoms with van der Waals surface area (Å²) in [5.41, 5.74) is 1.01. The van der Waals surface area contributed by atoms with Crippen molar-refractivity contribution >= 4 is 40.2 Å². The van der Waals surface area contributed by atoms with Gasteiger partial charge < -0.3 is 15.7 Å². The van der Waals surface area contributed by atoms with Crippen LogP contribution in [0, 0.1) is 0 Å². The van der Waals surface area contributed by atoms with Crippen molar-refractivity contribution in [2.45, 2.75) is 19.4 Å². The van der Waals surface area contributed by atoms with E-state index in [4.69, 9.17) is 16.7 Å². The topological polar surface area (TPSA) is 91.3 Å². The molecule has 1 aromatic heterocycles. The number of carboxylic acids is 1. The lowest BCUT2D eigenvalue weighted by Gasteiger charge is -2.14. The zero-order valence-corrected chi connectivity index (χ0v) is 12.0. The van der Waals surface area contributed by atoms with Gasteiger partial charge in [-0.05, 0) is 30.7 Å². The predicted molar refractivity (Wildman–Crippen MR) is 80.6 cm³/mol. The zero-order valence-electron chi connectivity index (χ0n) is 11.3. The number of rotatable bonds is 4. The highest BCUT2D eigenvalue weighted by molar-refractivity contribution is 6.35. The number of nitrogens with zero attached hydrogens (tertiary/aromatic N) is 1. The van der Waals surface area contributed by atoms with Gasteiger partial charge >= 0.3 is 12.0 Å². The monoisotopic (exact) mass is 307 g/mol. The average molecular weight is 308 g/mol. The van der Waals surface area contributed by atoms with Crippen LogP contribution in [0.3, 0.4) is 0 Å². The van der Waals surface area contributed by atoms with Gasteiger partial charge in [-0.1, -0.05) is 18.5 Å². The first-order valence-electron chi connectivity index (χ1n) is 6.36. The van der Waals surface area contributed by atoms with Gasteiger partial charge in [0.2, 0.25) is 0 Å². The van der Waals surface area contributed by atoms with Crippen LogP contribution in [0.2, 0.25) is 5.02 Å². The molecule has 0 aliphatic rings. The zero-order chi connectivity index (χ0) is 15.4. The molecule has 110 valence electrons. The first-order chi connectivity index (χ1) is 10.0. The number of nitrogens with one attached hydrogen (secondary N) is 2. The van der Waals surface area contributed by atoms with E-state index in [9.17, 15) is 9.59 Å². The first-order valence-corrected chi connectivity index (χ1v) is 6.74. The van der Waals surface area contributed by atoms with Crippen molar-refractivity contribution < 1.29 is 14.7 Å². The summed E-state index contributed by atoms with van der Waals surface area (Å²) in [6, 6.07) is 5.28. The Bertz CT molecular complexity index is 690. The van der Waals surface area contributed by atoms with E-state index in [0.29, 0.717) is 28.0 Å². The third kappa shape index (κ3) is 3.41. The maximum Gasteiger partial charge on any atom is 0.326 e. The van der Waals surface area contributed by atoms with Gasteiger partial charge in [0.05, 0.1) is 16.2 Å². The van der Waals surface area contributed by atoms with Crippen LogP contribution in [0.15, 0.2) is 30.5 Å². The molecular weight excluding hydrogens is 294 g/mol. The molecule has 2 amide bonds. The number of anilines is 1. The third-order valence-electron chi connectivity index (χ3n) is 2.98. The van der Waals surface area contributed by atoms with Gasteiger partial charge in [-0.15, -0.1) is 0 Å². The quantitative estimate of drug-likeness (QED) is 0.810. The molecule has 0 saturated carbocycles. The number of hydrogen-bond donors (Lipinski definition) is 3. The lowest BCUT2D eigenvalue weighted by molar-refractivity contribution is -0.139. The van der Waals surface area contributed by atoms with E-state index in [1.54, 1.807) is 37.4 Å². The number of carbonyl (C=O) groups excluding carboxylic acids is 1. The van der Waals surface area contributed by atoms with Gasteiger partial charge in [0.25, 0.3) is 0 Å². The second kappa shape index (κ2) is 6.41. The Labute approximate surface area is 126 Å². The maximum absolute atomic E-state index is 11.9. The van der Waals surface area contributed by atoms with Crippen LogP contribution in [0.25, 0.3) is 10.9 Å². The Morgan fingerprint density at radius 1 is 1.38 bits per heavy atom. The summed E-state index contributed by atoms with van der Waals surface area (Å²) in [6.07, 6.45) is 1.89. The Morgan fingerprint density at radius 3 is 2.81 bits per heavy atom. The molecule has 6 nitrogen and oxygen atoms in total. The van der Waals surface area contributed by atoms with E-state index in [0.717, 1.165) is 0 Å². The minimum Gasteiger partial charge on any atom is -0.480 e. The van der Waals surface area contributed by atoms with Crippen molar-refractivity contribution in [1.29, 1.82) is 0 Å². The number of benzene rings is 1. The van der Waals surface area contributed by atoms with Crippen LogP contribution < -0.4 is 10.6 Å². The van der Waals surface area contributed by atoms with E-state index < -0.39 is 18.0 Å². The van der Waals surface area contributed by atoms with Crippen LogP contribution in [-0.2, 0) is 4.79 Å². The minimum atomic E-state index is -1.08. The van der Waals surface area contributed by atoms with Gasteiger partial charge in [0, 0.05) is 11.6 Å². The lowest BCUT2D eigenvalue weighted by Crippen LogP contribution is -2.42. The molecule has 21 heavy (non-hydrogen) atoms. The summed E-state index contributed by atoms with van der Waals surface area (Å²) < 4.78 is 0. The van der Waals surface area contributed by atoms with E-state index in [-0.39, 0.29) is 0 Å². The highest BCUT2D eigenvalue weighted by atomic mass is 35.5. The highest BCUT2D eigenvalue weighted by Crippen LogP contribution is 2.27. The summed E-state index contributed by atoms with van der Waals surface area (Å²) in [7, 11) is 0. The van der Waals surface area contributed by atoms with Gasteiger partial charge in [0.15, 0.2) is 0 Å². The van der Waals surface area contributed by atoms with Crippen molar-refractivity contribution in [3.63, 3.8) is 0 Å². The summed E-state index contributed by atoms with van der Waals surface area (Å²) in [4.78, 5) is 27.0. The number of carbonyl (C=O) groups is 2. The molecule has 0 radical (unpaired) electrons. The molecule has 0 fully saturated rings. The van der Waals surface area contributed by atoms with Gasteiger partial charge in [-0.3, -0.25) is 4.98 Å². The summed E-state index contributed by atoms with van der Waals surface area (Å²) in [5, 5.41) is 15.1. The van der Waals surface area contributed by atoms with Crippen molar-refractivity contribution in [3.8, 4) is 0 Å². The first kappa shape index (κ1) is 15.1. The van der Waals surface area contributed by atoms with Gasteiger partial charge in [0.1, 0.15) is 6.04 Å². The average Bonchev–Trinajstić information content (AvgIpc) is 2.47.